The Morgan fingerprint density at radius 1 is 1.26 bits per heavy atom. The highest BCUT2D eigenvalue weighted by molar-refractivity contribution is 14.1. The molecule has 0 bridgehead atoms. The van der Waals surface area contributed by atoms with Crippen molar-refractivity contribution in [3.8, 4) is 22.4 Å². The molecule has 1 aromatic heterocycles. The fraction of sp³-hybridized carbons (Fsp3) is 0.238. The minimum absolute atomic E-state index is 0.185. The standard InChI is InChI=1S/C21H20IN3O2/c1-13-10-15(11-16(19(13)22)14-6-3-2-4-7-14)17-12-23-20(24-17)18-8-5-9-25(18)21(26)27/h2-4,6-7,10-12,18H,5,8-9H2,1H3,(H,23,24)(H,26,27). The van der Waals surface area contributed by atoms with Gasteiger partial charge in [-0.05, 0) is 71.2 Å². The van der Waals surface area contributed by atoms with Gasteiger partial charge in [0, 0.05) is 15.7 Å². The number of benzene rings is 2. The number of hydrogen-bond donors (Lipinski definition) is 2. The Bertz CT molecular complexity index is 984. The number of carbonyl (C=O) groups is 1. The third kappa shape index (κ3) is 3.45. The van der Waals surface area contributed by atoms with E-state index in [4.69, 9.17) is 0 Å². The predicted octanol–water partition coefficient (Wildman–Crippen LogP) is 5.47. The first-order valence-corrected chi connectivity index (χ1v) is 10.0. The van der Waals surface area contributed by atoms with Gasteiger partial charge in [0.1, 0.15) is 5.82 Å². The summed E-state index contributed by atoms with van der Waals surface area (Å²) >= 11 is 2.39. The highest BCUT2D eigenvalue weighted by Gasteiger charge is 2.31. The van der Waals surface area contributed by atoms with Crippen LogP contribution in [-0.4, -0.2) is 32.6 Å². The van der Waals surface area contributed by atoms with Crippen molar-refractivity contribution in [1.82, 2.24) is 14.9 Å². The number of nitrogens with one attached hydrogen (secondary N) is 1. The topological polar surface area (TPSA) is 69.2 Å². The molecule has 2 aromatic carbocycles. The molecule has 138 valence electrons. The summed E-state index contributed by atoms with van der Waals surface area (Å²) in [6.45, 7) is 2.68. The molecule has 0 spiro atoms. The first-order valence-electron chi connectivity index (χ1n) is 8.95. The van der Waals surface area contributed by atoms with Crippen molar-refractivity contribution in [3.05, 3.63) is 63.6 Å². The number of rotatable bonds is 3. The molecule has 1 unspecified atom stereocenters. The average molecular weight is 473 g/mol. The fourth-order valence-corrected chi connectivity index (χ4v) is 4.31. The maximum absolute atomic E-state index is 11.4. The highest BCUT2D eigenvalue weighted by Crippen LogP contribution is 2.34. The number of H-pyrrole nitrogens is 1. The lowest BCUT2D eigenvalue weighted by atomic mass is 9.99. The van der Waals surface area contributed by atoms with E-state index >= 15 is 0 Å². The van der Waals surface area contributed by atoms with Crippen LogP contribution in [0.4, 0.5) is 4.79 Å². The Balaban J connectivity index is 1.72. The minimum atomic E-state index is -0.882. The Morgan fingerprint density at radius 3 is 2.78 bits per heavy atom. The molecule has 1 fully saturated rings. The quantitative estimate of drug-likeness (QED) is 0.496. The summed E-state index contributed by atoms with van der Waals surface area (Å²) in [5, 5.41) is 9.38. The molecule has 4 rings (SSSR count). The SMILES string of the molecule is Cc1cc(-c2cnc(C3CCCN3C(=O)O)[nH]2)cc(-c2ccccc2)c1I. The van der Waals surface area contributed by atoms with E-state index in [-0.39, 0.29) is 6.04 Å². The molecule has 1 aliphatic rings. The van der Waals surface area contributed by atoms with Crippen LogP contribution in [0.5, 0.6) is 0 Å². The van der Waals surface area contributed by atoms with Crippen LogP contribution in [0, 0.1) is 10.5 Å². The van der Waals surface area contributed by atoms with E-state index in [0.29, 0.717) is 6.54 Å². The Kier molecular flexibility index (Phi) is 4.90. The lowest BCUT2D eigenvalue weighted by molar-refractivity contribution is 0.139. The van der Waals surface area contributed by atoms with E-state index in [1.165, 1.54) is 25.2 Å². The largest absolute Gasteiger partial charge is 0.465 e. The van der Waals surface area contributed by atoms with E-state index < -0.39 is 6.09 Å². The molecule has 1 atom stereocenters. The number of aryl methyl sites for hydroxylation is 1. The molecule has 0 saturated carbocycles. The van der Waals surface area contributed by atoms with Gasteiger partial charge in [-0.3, -0.25) is 4.90 Å². The molecule has 1 amide bonds. The van der Waals surface area contributed by atoms with Crippen molar-refractivity contribution in [2.45, 2.75) is 25.8 Å². The van der Waals surface area contributed by atoms with Crippen molar-refractivity contribution in [2.75, 3.05) is 6.54 Å². The second kappa shape index (κ2) is 7.34. The van der Waals surface area contributed by atoms with Crippen molar-refractivity contribution in [1.29, 1.82) is 0 Å². The molecular formula is C21H20IN3O2. The number of amides is 1. The molecule has 1 saturated heterocycles. The van der Waals surface area contributed by atoms with Crippen molar-refractivity contribution in [3.63, 3.8) is 0 Å². The van der Waals surface area contributed by atoms with Crippen LogP contribution in [0.2, 0.25) is 0 Å². The Labute approximate surface area is 171 Å². The second-order valence-electron chi connectivity index (χ2n) is 6.84. The van der Waals surface area contributed by atoms with Gasteiger partial charge in [0.05, 0.1) is 17.9 Å². The number of halogens is 1. The lowest BCUT2D eigenvalue weighted by Gasteiger charge is -2.19. The molecule has 6 heteroatoms. The Hall–Kier alpha value is -2.35. The number of hydrogen-bond acceptors (Lipinski definition) is 2. The van der Waals surface area contributed by atoms with Gasteiger partial charge < -0.3 is 10.1 Å². The number of carboxylic acid groups (broad SMARTS) is 1. The summed E-state index contributed by atoms with van der Waals surface area (Å²) in [7, 11) is 0. The van der Waals surface area contributed by atoms with Crippen molar-refractivity contribution in [2.24, 2.45) is 0 Å². The number of nitrogens with zero attached hydrogens (tertiary/aromatic N) is 2. The van der Waals surface area contributed by atoms with Gasteiger partial charge >= 0.3 is 6.09 Å². The van der Waals surface area contributed by atoms with E-state index in [1.54, 1.807) is 0 Å². The summed E-state index contributed by atoms with van der Waals surface area (Å²) in [5.74, 6) is 0.724. The van der Waals surface area contributed by atoms with Gasteiger partial charge in [-0.15, -0.1) is 0 Å². The molecule has 0 radical (unpaired) electrons. The molecule has 1 aliphatic heterocycles. The maximum Gasteiger partial charge on any atom is 0.407 e. The lowest BCUT2D eigenvalue weighted by Crippen LogP contribution is -2.29. The van der Waals surface area contributed by atoms with E-state index in [2.05, 4.69) is 63.7 Å². The van der Waals surface area contributed by atoms with E-state index in [9.17, 15) is 9.90 Å². The second-order valence-corrected chi connectivity index (χ2v) is 7.92. The van der Waals surface area contributed by atoms with Crippen LogP contribution in [0.1, 0.15) is 30.3 Å². The van der Waals surface area contributed by atoms with Crippen LogP contribution >= 0.6 is 22.6 Å². The van der Waals surface area contributed by atoms with Gasteiger partial charge in [0.2, 0.25) is 0 Å². The minimum Gasteiger partial charge on any atom is -0.465 e. The molecular weight excluding hydrogens is 453 g/mol. The zero-order valence-electron chi connectivity index (χ0n) is 14.9. The van der Waals surface area contributed by atoms with Crippen LogP contribution in [-0.2, 0) is 0 Å². The van der Waals surface area contributed by atoms with Crippen molar-refractivity contribution >= 4 is 28.7 Å². The number of aromatic nitrogens is 2. The normalized spacial score (nSPS) is 16.7. The predicted molar refractivity (Wildman–Crippen MR) is 114 cm³/mol. The summed E-state index contributed by atoms with van der Waals surface area (Å²) in [6.07, 6.45) is 2.60. The zero-order valence-corrected chi connectivity index (χ0v) is 17.1. The number of likely N-dealkylation sites (tertiary alicyclic amines) is 1. The number of imidazole rings is 1. The monoisotopic (exact) mass is 473 g/mol. The first-order chi connectivity index (χ1) is 13.0. The van der Waals surface area contributed by atoms with Crippen molar-refractivity contribution < 1.29 is 9.90 Å². The fourth-order valence-electron chi connectivity index (χ4n) is 3.69. The number of aromatic amines is 1. The summed E-state index contributed by atoms with van der Waals surface area (Å²) in [5.41, 5.74) is 5.55. The molecule has 2 heterocycles. The first kappa shape index (κ1) is 18.0. The van der Waals surface area contributed by atoms with Gasteiger partial charge in [0.15, 0.2) is 0 Å². The van der Waals surface area contributed by atoms with E-state index in [0.717, 1.165) is 29.9 Å². The molecule has 2 N–H and O–H groups in total. The summed E-state index contributed by atoms with van der Waals surface area (Å²) < 4.78 is 1.23. The third-order valence-electron chi connectivity index (χ3n) is 5.06. The zero-order chi connectivity index (χ0) is 19.0. The summed E-state index contributed by atoms with van der Waals surface area (Å²) in [6, 6.07) is 14.5. The van der Waals surface area contributed by atoms with Gasteiger partial charge in [-0.2, -0.15) is 0 Å². The molecule has 27 heavy (non-hydrogen) atoms. The third-order valence-corrected chi connectivity index (χ3v) is 6.49. The Morgan fingerprint density at radius 2 is 2.04 bits per heavy atom. The van der Waals surface area contributed by atoms with Gasteiger partial charge in [0.25, 0.3) is 0 Å². The smallest absolute Gasteiger partial charge is 0.407 e. The highest BCUT2D eigenvalue weighted by atomic mass is 127. The van der Waals surface area contributed by atoms with Crippen LogP contribution in [0.3, 0.4) is 0 Å². The summed E-state index contributed by atoms with van der Waals surface area (Å²) in [4.78, 5) is 20.8. The molecule has 5 nitrogen and oxygen atoms in total. The van der Waals surface area contributed by atoms with E-state index in [1.807, 2.05) is 24.4 Å². The van der Waals surface area contributed by atoms with Crippen LogP contribution in [0.15, 0.2) is 48.7 Å². The van der Waals surface area contributed by atoms with Gasteiger partial charge in [-0.25, -0.2) is 9.78 Å². The van der Waals surface area contributed by atoms with Crippen LogP contribution in [0.25, 0.3) is 22.4 Å². The molecule has 0 aliphatic carbocycles. The maximum atomic E-state index is 11.4. The van der Waals surface area contributed by atoms with Crippen LogP contribution < -0.4 is 0 Å². The molecule has 3 aromatic rings. The average Bonchev–Trinajstić information content (AvgIpc) is 3.33. The van der Waals surface area contributed by atoms with Gasteiger partial charge in [-0.1, -0.05) is 30.3 Å².